The van der Waals surface area contributed by atoms with Crippen molar-refractivity contribution in [2.24, 2.45) is 0 Å². The molecule has 0 aliphatic carbocycles. The number of pyridine rings is 1. The topological polar surface area (TPSA) is 88.3 Å². The van der Waals surface area contributed by atoms with Gasteiger partial charge in [0.2, 0.25) is 5.91 Å². The molecule has 0 radical (unpaired) electrons. The number of aromatic nitrogens is 1. The predicted octanol–water partition coefficient (Wildman–Crippen LogP) is -0.374. The number of amides is 2. The number of nitrogens with zero attached hydrogens (tertiary/aromatic N) is 2. The van der Waals surface area contributed by atoms with Gasteiger partial charge in [-0.1, -0.05) is 0 Å². The van der Waals surface area contributed by atoms with E-state index in [2.05, 4.69) is 10.3 Å². The quantitative estimate of drug-likeness (QED) is 0.693. The highest BCUT2D eigenvalue weighted by Gasteiger charge is 2.20. The standard InChI is InChI=1S/C11H14N4O2/c12-8-1-3-13-9(7-8)11(17)15-5-2-10(16)14-4-6-15/h1,3,7H,2,4-6H2,(H2,12,13)(H,14,16). The second-order valence-corrected chi connectivity index (χ2v) is 3.87. The summed E-state index contributed by atoms with van der Waals surface area (Å²) in [4.78, 5) is 28.8. The van der Waals surface area contributed by atoms with Crippen molar-refractivity contribution in [3.63, 3.8) is 0 Å². The SMILES string of the molecule is Nc1ccnc(C(=O)N2CCNC(=O)CC2)c1. The Morgan fingerprint density at radius 2 is 2.29 bits per heavy atom. The molecule has 0 spiro atoms. The van der Waals surface area contributed by atoms with Crippen molar-refractivity contribution in [3.8, 4) is 0 Å². The van der Waals surface area contributed by atoms with Gasteiger partial charge < -0.3 is 16.0 Å². The third-order valence-corrected chi connectivity index (χ3v) is 2.60. The molecule has 6 nitrogen and oxygen atoms in total. The van der Waals surface area contributed by atoms with Crippen molar-refractivity contribution >= 4 is 17.5 Å². The largest absolute Gasteiger partial charge is 0.399 e. The molecule has 90 valence electrons. The highest BCUT2D eigenvalue weighted by atomic mass is 16.2. The molecule has 3 N–H and O–H groups in total. The molecule has 0 saturated carbocycles. The Hall–Kier alpha value is -2.11. The van der Waals surface area contributed by atoms with Gasteiger partial charge in [-0.25, -0.2) is 0 Å². The van der Waals surface area contributed by atoms with Gasteiger partial charge in [0.1, 0.15) is 5.69 Å². The van der Waals surface area contributed by atoms with E-state index in [-0.39, 0.29) is 11.8 Å². The molecule has 0 unspecified atom stereocenters. The van der Waals surface area contributed by atoms with Crippen LogP contribution in [0.15, 0.2) is 18.3 Å². The third kappa shape index (κ3) is 2.72. The summed E-state index contributed by atoms with van der Waals surface area (Å²) in [5, 5.41) is 2.71. The zero-order valence-electron chi connectivity index (χ0n) is 9.35. The Morgan fingerprint density at radius 1 is 1.47 bits per heavy atom. The number of nitrogens with two attached hydrogens (primary N) is 1. The van der Waals surface area contributed by atoms with Crippen molar-refractivity contribution in [1.29, 1.82) is 0 Å². The van der Waals surface area contributed by atoms with Gasteiger partial charge in [0.05, 0.1) is 0 Å². The second-order valence-electron chi connectivity index (χ2n) is 3.87. The molecule has 0 aromatic carbocycles. The molecule has 2 rings (SSSR count). The van der Waals surface area contributed by atoms with Gasteiger partial charge in [-0.3, -0.25) is 14.6 Å². The Bertz CT molecular complexity index is 447. The van der Waals surface area contributed by atoms with Gasteiger partial charge in [-0.05, 0) is 12.1 Å². The van der Waals surface area contributed by atoms with Gasteiger partial charge in [-0.2, -0.15) is 0 Å². The van der Waals surface area contributed by atoms with Gasteiger partial charge in [-0.15, -0.1) is 0 Å². The van der Waals surface area contributed by atoms with Gasteiger partial charge in [0.25, 0.3) is 5.91 Å². The summed E-state index contributed by atoms with van der Waals surface area (Å²) in [6, 6.07) is 3.17. The summed E-state index contributed by atoms with van der Waals surface area (Å²) in [5.41, 5.74) is 6.43. The lowest BCUT2D eigenvalue weighted by molar-refractivity contribution is -0.120. The fourth-order valence-electron chi connectivity index (χ4n) is 1.70. The number of anilines is 1. The minimum atomic E-state index is -0.186. The van der Waals surface area contributed by atoms with Crippen molar-refractivity contribution in [3.05, 3.63) is 24.0 Å². The molecule has 2 amide bonds. The number of nitrogens with one attached hydrogen (secondary N) is 1. The Labute approximate surface area is 98.8 Å². The summed E-state index contributed by atoms with van der Waals surface area (Å²) >= 11 is 0. The van der Waals surface area contributed by atoms with Crippen LogP contribution in [-0.4, -0.2) is 41.3 Å². The lowest BCUT2D eigenvalue weighted by Gasteiger charge is -2.18. The maximum atomic E-state index is 12.1. The average molecular weight is 234 g/mol. The van der Waals surface area contributed by atoms with Crippen LogP contribution < -0.4 is 11.1 Å². The van der Waals surface area contributed by atoms with Crippen LogP contribution in [0.3, 0.4) is 0 Å². The van der Waals surface area contributed by atoms with Crippen molar-refractivity contribution < 1.29 is 9.59 Å². The summed E-state index contributed by atoms with van der Waals surface area (Å²) < 4.78 is 0. The molecule has 6 heteroatoms. The smallest absolute Gasteiger partial charge is 0.272 e. The highest BCUT2D eigenvalue weighted by molar-refractivity contribution is 5.93. The van der Waals surface area contributed by atoms with Gasteiger partial charge in [0, 0.05) is 37.9 Å². The molecular weight excluding hydrogens is 220 g/mol. The number of hydrogen-bond acceptors (Lipinski definition) is 4. The minimum absolute atomic E-state index is 0.0270. The maximum Gasteiger partial charge on any atom is 0.272 e. The van der Waals surface area contributed by atoms with Crippen LogP contribution in [0.25, 0.3) is 0 Å². The molecule has 1 aliphatic rings. The van der Waals surface area contributed by atoms with Crippen LogP contribution in [0.4, 0.5) is 5.69 Å². The number of rotatable bonds is 1. The first kappa shape index (κ1) is 11.4. The molecule has 1 fully saturated rings. The molecule has 1 aromatic rings. The van der Waals surface area contributed by atoms with E-state index >= 15 is 0 Å². The normalized spacial score (nSPS) is 16.2. The molecule has 17 heavy (non-hydrogen) atoms. The number of nitrogen functional groups attached to an aromatic ring is 1. The Kier molecular flexibility index (Phi) is 3.22. The van der Waals surface area contributed by atoms with E-state index < -0.39 is 0 Å². The minimum Gasteiger partial charge on any atom is -0.399 e. The van der Waals surface area contributed by atoms with Gasteiger partial charge >= 0.3 is 0 Å². The summed E-state index contributed by atoms with van der Waals surface area (Å²) in [6.07, 6.45) is 1.83. The predicted molar refractivity (Wildman–Crippen MR) is 62.2 cm³/mol. The average Bonchev–Trinajstić information content (AvgIpc) is 2.53. The van der Waals surface area contributed by atoms with E-state index in [9.17, 15) is 9.59 Å². The van der Waals surface area contributed by atoms with E-state index in [0.717, 1.165) is 0 Å². The lowest BCUT2D eigenvalue weighted by atomic mass is 10.2. The number of hydrogen-bond donors (Lipinski definition) is 2. The molecule has 1 aromatic heterocycles. The van der Waals surface area contributed by atoms with E-state index in [1.54, 1.807) is 17.0 Å². The number of carbonyl (C=O) groups is 2. The van der Waals surface area contributed by atoms with Crippen LogP contribution in [0.1, 0.15) is 16.9 Å². The lowest BCUT2D eigenvalue weighted by Crippen LogP contribution is -2.34. The van der Waals surface area contributed by atoms with Crippen LogP contribution in [0.2, 0.25) is 0 Å². The Morgan fingerprint density at radius 3 is 3.06 bits per heavy atom. The summed E-state index contributed by atoms with van der Waals surface area (Å²) in [5.74, 6) is -0.213. The molecular formula is C11H14N4O2. The number of carbonyl (C=O) groups excluding carboxylic acids is 2. The first-order valence-electron chi connectivity index (χ1n) is 5.44. The monoisotopic (exact) mass is 234 g/mol. The summed E-state index contributed by atoms with van der Waals surface area (Å²) in [6.45, 7) is 1.40. The molecule has 0 atom stereocenters. The second kappa shape index (κ2) is 4.82. The maximum absolute atomic E-state index is 12.1. The van der Waals surface area contributed by atoms with E-state index in [0.29, 0.717) is 37.4 Å². The van der Waals surface area contributed by atoms with E-state index in [4.69, 9.17) is 5.73 Å². The zero-order valence-corrected chi connectivity index (χ0v) is 9.35. The van der Waals surface area contributed by atoms with Crippen LogP contribution in [-0.2, 0) is 4.79 Å². The Balaban J connectivity index is 2.11. The van der Waals surface area contributed by atoms with Crippen molar-refractivity contribution in [2.45, 2.75) is 6.42 Å². The molecule has 1 saturated heterocycles. The van der Waals surface area contributed by atoms with E-state index in [1.165, 1.54) is 6.20 Å². The molecule has 1 aliphatic heterocycles. The first-order valence-corrected chi connectivity index (χ1v) is 5.44. The van der Waals surface area contributed by atoms with Crippen LogP contribution >= 0.6 is 0 Å². The molecule has 0 bridgehead atoms. The fourth-order valence-corrected chi connectivity index (χ4v) is 1.70. The highest BCUT2D eigenvalue weighted by Crippen LogP contribution is 2.08. The van der Waals surface area contributed by atoms with Crippen LogP contribution in [0, 0.1) is 0 Å². The molecule has 2 heterocycles. The fraction of sp³-hybridized carbons (Fsp3) is 0.364. The van der Waals surface area contributed by atoms with E-state index in [1.807, 2.05) is 0 Å². The first-order chi connectivity index (χ1) is 8.16. The zero-order chi connectivity index (χ0) is 12.3. The van der Waals surface area contributed by atoms with Crippen molar-refractivity contribution in [2.75, 3.05) is 25.4 Å². The van der Waals surface area contributed by atoms with Gasteiger partial charge in [0.15, 0.2) is 0 Å². The summed E-state index contributed by atoms with van der Waals surface area (Å²) in [7, 11) is 0. The third-order valence-electron chi connectivity index (χ3n) is 2.60. The van der Waals surface area contributed by atoms with Crippen LogP contribution in [0.5, 0.6) is 0 Å². The van der Waals surface area contributed by atoms with Crippen molar-refractivity contribution in [1.82, 2.24) is 15.2 Å².